The van der Waals surface area contributed by atoms with Gasteiger partial charge in [0, 0.05) is 46.3 Å². The molecule has 2 aromatic heterocycles. The fraction of sp³-hybridized carbons (Fsp3) is 0.300. The molecule has 2 aliphatic rings. The maximum Gasteiger partial charge on any atom is 0.262 e. The Morgan fingerprint density at radius 1 is 1.02 bits per heavy atom. The maximum atomic E-state index is 13.4. The van der Waals surface area contributed by atoms with E-state index in [4.69, 9.17) is 27.9 Å². The van der Waals surface area contributed by atoms with Crippen molar-refractivity contribution in [2.45, 2.75) is 29.6 Å². The molecule has 1 N–H and O–H groups in total. The van der Waals surface area contributed by atoms with Gasteiger partial charge in [-0.15, -0.1) is 0 Å². The first-order chi connectivity index (χ1) is 20.0. The highest BCUT2D eigenvalue weighted by molar-refractivity contribution is 7.92. The third-order valence-electron chi connectivity index (χ3n) is 7.72. The number of nitrogens with one attached hydrogen (secondary N) is 1. The SMILES string of the molecule is CN(C)CCCOc1ncc(-c2ccc3ncc4c(c3c2)C2(CC2)C(=O)N4C)cc1NS(=O)(=O)c1cc(Cl)cc(Cl)c1. The van der Waals surface area contributed by atoms with Gasteiger partial charge in [0.15, 0.2) is 0 Å². The number of sulfonamides is 1. The number of carbonyl (C=O) groups excluding carboxylic acids is 1. The highest BCUT2D eigenvalue weighted by atomic mass is 35.5. The number of rotatable bonds is 9. The number of hydrogen-bond acceptors (Lipinski definition) is 7. The van der Waals surface area contributed by atoms with E-state index in [1.165, 1.54) is 18.2 Å². The Hall–Kier alpha value is -3.44. The molecule has 3 heterocycles. The summed E-state index contributed by atoms with van der Waals surface area (Å²) in [5, 5.41) is 1.30. The lowest BCUT2D eigenvalue weighted by atomic mass is 9.92. The normalized spacial score (nSPS) is 15.5. The van der Waals surface area contributed by atoms with Gasteiger partial charge in [-0.3, -0.25) is 14.5 Å². The van der Waals surface area contributed by atoms with E-state index in [1.807, 2.05) is 37.2 Å². The third kappa shape index (κ3) is 5.17. The fourth-order valence-electron chi connectivity index (χ4n) is 5.48. The molecule has 12 heteroatoms. The zero-order chi connectivity index (χ0) is 29.8. The zero-order valence-electron chi connectivity index (χ0n) is 23.3. The molecular weight excluding hydrogens is 597 g/mol. The summed E-state index contributed by atoms with van der Waals surface area (Å²) < 4.78 is 35.4. The number of benzene rings is 2. The summed E-state index contributed by atoms with van der Waals surface area (Å²) in [6.45, 7) is 1.15. The summed E-state index contributed by atoms with van der Waals surface area (Å²) >= 11 is 12.2. The van der Waals surface area contributed by atoms with Crippen molar-refractivity contribution in [1.29, 1.82) is 0 Å². The summed E-state index contributed by atoms with van der Waals surface area (Å²) in [6.07, 6.45) is 5.77. The Morgan fingerprint density at radius 2 is 1.76 bits per heavy atom. The molecule has 0 atom stereocenters. The van der Waals surface area contributed by atoms with Crippen LogP contribution in [-0.4, -0.2) is 63.5 Å². The molecule has 1 saturated carbocycles. The summed E-state index contributed by atoms with van der Waals surface area (Å²) in [4.78, 5) is 25.8. The number of pyridine rings is 2. The molecule has 218 valence electrons. The summed E-state index contributed by atoms with van der Waals surface area (Å²) in [7, 11) is 1.64. The highest BCUT2D eigenvalue weighted by Crippen LogP contribution is 2.58. The van der Waals surface area contributed by atoms with Gasteiger partial charge < -0.3 is 14.5 Å². The van der Waals surface area contributed by atoms with Crippen LogP contribution in [0, 0.1) is 0 Å². The van der Waals surface area contributed by atoms with Crippen molar-refractivity contribution in [2.75, 3.05) is 43.9 Å². The lowest BCUT2D eigenvalue weighted by molar-refractivity contribution is -0.119. The van der Waals surface area contributed by atoms with Crippen molar-refractivity contribution in [3.05, 3.63) is 70.5 Å². The second-order valence-corrected chi connectivity index (χ2v) is 13.5. The molecule has 1 aliphatic heterocycles. The second kappa shape index (κ2) is 10.7. The molecular formula is C30H29Cl2N5O4S. The van der Waals surface area contributed by atoms with Crippen molar-refractivity contribution in [3.63, 3.8) is 0 Å². The van der Waals surface area contributed by atoms with Crippen LogP contribution in [0.2, 0.25) is 10.0 Å². The zero-order valence-corrected chi connectivity index (χ0v) is 25.6. The average Bonchev–Trinajstić information content (AvgIpc) is 3.71. The molecule has 6 rings (SSSR count). The van der Waals surface area contributed by atoms with Crippen molar-refractivity contribution < 1.29 is 17.9 Å². The molecule has 9 nitrogen and oxygen atoms in total. The van der Waals surface area contributed by atoms with E-state index < -0.39 is 15.4 Å². The Balaban J connectivity index is 1.41. The van der Waals surface area contributed by atoms with Gasteiger partial charge in [0.1, 0.15) is 5.69 Å². The minimum atomic E-state index is -4.09. The van der Waals surface area contributed by atoms with Gasteiger partial charge in [-0.25, -0.2) is 13.4 Å². The van der Waals surface area contributed by atoms with Crippen LogP contribution < -0.4 is 14.4 Å². The van der Waals surface area contributed by atoms with Crippen molar-refractivity contribution in [2.24, 2.45) is 0 Å². The molecule has 1 amide bonds. The Kier molecular flexibility index (Phi) is 7.29. The number of ether oxygens (including phenoxy) is 1. The third-order valence-corrected chi connectivity index (χ3v) is 9.50. The number of amides is 1. The van der Waals surface area contributed by atoms with E-state index in [9.17, 15) is 13.2 Å². The molecule has 0 unspecified atom stereocenters. The summed E-state index contributed by atoms with van der Waals surface area (Å²) in [5.41, 5.74) is 3.79. The molecule has 42 heavy (non-hydrogen) atoms. The Labute approximate surface area is 254 Å². The van der Waals surface area contributed by atoms with Crippen LogP contribution in [0.1, 0.15) is 24.8 Å². The lowest BCUT2D eigenvalue weighted by Crippen LogP contribution is -2.28. The van der Waals surface area contributed by atoms with Gasteiger partial charge in [-0.2, -0.15) is 0 Å². The van der Waals surface area contributed by atoms with E-state index in [-0.39, 0.29) is 32.4 Å². The van der Waals surface area contributed by atoms with Gasteiger partial charge in [-0.1, -0.05) is 29.3 Å². The fourth-order valence-corrected chi connectivity index (χ4v) is 7.25. The second-order valence-electron chi connectivity index (χ2n) is 11.0. The van der Waals surface area contributed by atoms with Crippen molar-refractivity contribution in [3.8, 4) is 17.0 Å². The van der Waals surface area contributed by atoms with Crippen molar-refractivity contribution >= 4 is 61.4 Å². The van der Waals surface area contributed by atoms with Crippen LogP contribution in [0.25, 0.3) is 22.0 Å². The number of hydrogen-bond donors (Lipinski definition) is 1. The monoisotopic (exact) mass is 625 g/mol. The number of fused-ring (bicyclic) bond motifs is 4. The van der Waals surface area contributed by atoms with Crippen LogP contribution in [0.5, 0.6) is 5.88 Å². The predicted molar refractivity (Wildman–Crippen MR) is 165 cm³/mol. The molecule has 2 aromatic carbocycles. The van der Waals surface area contributed by atoms with E-state index >= 15 is 0 Å². The first-order valence-corrected chi connectivity index (χ1v) is 15.7. The molecule has 0 saturated heterocycles. The van der Waals surface area contributed by atoms with Crippen LogP contribution in [-0.2, 0) is 20.2 Å². The van der Waals surface area contributed by atoms with Gasteiger partial charge in [0.25, 0.3) is 10.0 Å². The molecule has 0 bridgehead atoms. The number of aromatic nitrogens is 2. The van der Waals surface area contributed by atoms with E-state index in [0.717, 1.165) is 53.5 Å². The predicted octanol–water partition coefficient (Wildman–Crippen LogP) is 5.74. The first-order valence-electron chi connectivity index (χ1n) is 13.5. The standard InChI is InChI=1S/C30H29Cl2N5O4S/c1-36(2)9-4-10-41-28-25(35-42(39,40)22-14-20(31)13-21(32)15-22)12-19(16-34-28)18-5-6-24-23(11-18)27-26(17-33-24)37(3)29(38)30(27)7-8-30/h5-6,11-17,35H,4,7-10H2,1-3H3. The van der Waals surface area contributed by atoms with Gasteiger partial charge in [-0.05, 0) is 75.3 Å². The number of halogens is 2. The number of carbonyl (C=O) groups is 1. The van der Waals surface area contributed by atoms with Gasteiger partial charge in [0.05, 0.1) is 34.3 Å². The minimum Gasteiger partial charge on any atom is -0.476 e. The summed E-state index contributed by atoms with van der Waals surface area (Å²) in [6, 6.07) is 11.6. The van der Waals surface area contributed by atoms with E-state index in [0.29, 0.717) is 12.2 Å². The first kappa shape index (κ1) is 28.7. The molecule has 4 aromatic rings. The van der Waals surface area contributed by atoms with Gasteiger partial charge in [0.2, 0.25) is 11.8 Å². The molecule has 0 radical (unpaired) electrons. The number of anilines is 2. The minimum absolute atomic E-state index is 0.0835. The lowest BCUT2D eigenvalue weighted by Gasteiger charge is -2.16. The van der Waals surface area contributed by atoms with E-state index in [1.54, 1.807) is 30.4 Å². The molecule has 1 aliphatic carbocycles. The molecule has 1 fully saturated rings. The van der Waals surface area contributed by atoms with Crippen LogP contribution in [0.15, 0.2) is 59.8 Å². The largest absolute Gasteiger partial charge is 0.476 e. The Morgan fingerprint density at radius 3 is 2.45 bits per heavy atom. The van der Waals surface area contributed by atoms with Crippen LogP contribution in [0.3, 0.4) is 0 Å². The topological polar surface area (TPSA) is 105 Å². The quantitative estimate of drug-likeness (QED) is 0.236. The Bertz CT molecular complexity index is 1820. The van der Waals surface area contributed by atoms with Crippen molar-refractivity contribution in [1.82, 2.24) is 14.9 Å². The van der Waals surface area contributed by atoms with Crippen LogP contribution >= 0.6 is 23.2 Å². The maximum absolute atomic E-state index is 13.4. The van der Waals surface area contributed by atoms with Crippen LogP contribution in [0.4, 0.5) is 11.4 Å². The molecule has 1 spiro atoms. The highest BCUT2D eigenvalue weighted by Gasteiger charge is 2.59. The number of likely N-dealkylation sites (N-methyl/N-ethyl adjacent to an activating group) is 1. The number of nitrogens with zero attached hydrogens (tertiary/aromatic N) is 4. The van der Waals surface area contributed by atoms with E-state index in [2.05, 4.69) is 14.7 Å². The van der Waals surface area contributed by atoms with Gasteiger partial charge >= 0.3 is 0 Å². The smallest absolute Gasteiger partial charge is 0.262 e. The average molecular weight is 627 g/mol. The summed E-state index contributed by atoms with van der Waals surface area (Å²) in [5.74, 6) is 0.258.